The van der Waals surface area contributed by atoms with Gasteiger partial charge in [0.1, 0.15) is 0 Å². The van der Waals surface area contributed by atoms with Crippen molar-refractivity contribution in [1.29, 1.82) is 0 Å². The summed E-state index contributed by atoms with van der Waals surface area (Å²) in [5.41, 5.74) is 3.78. The average molecular weight is 176 g/mol. The molecule has 13 heavy (non-hydrogen) atoms. The summed E-state index contributed by atoms with van der Waals surface area (Å²) in [4.78, 5) is 4.05. The summed E-state index contributed by atoms with van der Waals surface area (Å²) >= 11 is 0. The first-order chi connectivity index (χ1) is 6.29. The van der Waals surface area contributed by atoms with Crippen LogP contribution < -0.4 is 0 Å². The van der Waals surface area contributed by atoms with Gasteiger partial charge in [-0.25, -0.2) is 0 Å². The standard InChI is InChI=1S/C9H10N2.C2H6/c1-7-5-9-6-10-3-4-11(9)8(7)2;1-2/h3-6H,1-2H3;1-2H3. The van der Waals surface area contributed by atoms with Gasteiger partial charge in [0.15, 0.2) is 0 Å². The smallest absolute Gasteiger partial charge is 0.0639 e. The van der Waals surface area contributed by atoms with Crippen molar-refractivity contribution in [3.63, 3.8) is 0 Å². The zero-order valence-electron chi connectivity index (χ0n) is 8.70. The number of hydrogen-bond acceptors (Lipinski definition) is 1. The van der Waals surface area contributed by atoms with Gasteiger partial charge in [0, 0.05) is 18.1 Å². The van der Waals surface area contributed by atoms with Gasteiger partial charge in [0.05, 0.1) is 11.7 Å². The van der Waals surface area contributed by atoms with Crippen LogP contribution in [0.15, 0.2) is 24.7 Å². The van der Waals surface area contributed by atoms with Crippen LogP contribution in [-0.4, -0.2) is 9.38 Å². The van der Waals surface area contributed by atoms with E-state index in [2.05, 4.69) is 29.3 Å². The maximum atomic E-state index is 4.05. The van der Waals surface area contributed by atoms with Gasteiger partial charge in [-0.15, -0.1) is 0 Å². The first-order valence-electron chi connectivity index (χ1n) is 4.67. The lowest BCUT2D eigenvalue weighted by Crippen LogP contribution is -1.86. The lowest BCUT2D eigenvalue weighted by atomic mass is 10.3. The Labute approximate surface area is 79.2 Å². The van der Waals surface area contributed by atoms with Crippen molar-refractivity contribution in [1.82, 2.24) is 9.38 Å². The van der Waals surface area contributed by atoms with Crippen molar-refractivity contribution >= 4 is 5.52 Å². The molecule has 0 N–H and O–H groups in total. The van der Waals surface area contributed by atoms with E-state index < -0.39 is 0 Å². The van der Waals surface area contributed by atoms with Gasteiger partial charge >= 0.3 is 0 Å². The summed E-state index contributed by atoms with van der Waals surface area (Å²) in [6, 6.07) is 2.14. The molecule has 0 atom stereocenters. The van der Waals surface area contributed by atoms with Gasteiger partial charge in [-0.05, 0) is 25.5 Å². The molecule has 0 amide bonds. The van der Waals surface area contributed by atoms with Crippen molar-refractivity contribution in [2.45, 2.75) is 27.7 Å². The van der Waals surface area contributed by atoms with E-state index in [1.165, 1.54) is 16.8 Å². The van der Waals surface area contributed by atoms with Crippen LogP contribution in [0.1, 0.15) is 25.1 Å². The zero-order chi connectivity index (χ0) is 9.84. The number of nitrogens with zero attached hydrogens (tertiary/aromatic N) is 2. The maximum Gasteiger partial charge on any atom is 0.0639 e. The van der Waals surface area contributed by atoms with E-state index >= 15 is 0 Å². The molecule has 0 saturated carbocycles. The fraction of sp³-hybridized carbons (Fsp3) is 0.364. The molecular weight excluding hydrogens is 160 g/mol. The van der Waals surface area contributed by atoms with Crippen LogP contribution in [0, 0.1) is 13.8 Å². The predicted molar refractivity (Wildman–Crippen MR) is 56.0 cm³/mol. The molecule has 2 nitrogen and oxygen atoms in total. The van der Waals surface area contributed by atoms with Crippen LogP contribution in [0.3, 0.4) is 0 Å². The summed E-state index contributed by atoms with van der Waals surface area (Å²) < 4.78 is 2.14. The highest BCUT2D eigenvalue weighted by molar-refractivity contribution is 5.50. The third-order valence-corrected chi connectivity index (χ3v) is 2.08. The van der Waals surface area contributed by atoms with Gasteiger partial charge in [-0.1, -0.05) is 13.8 Å². The quantitative estimate of drug-likeness (QED) is 0.603. The minimum Gasteiger partial charge on any atom is -0.318 e. The predicted octanol–water partition coefficient (Wildman–Crippen LogP) is 2.98. The Morgan fingerprint density at radius 2 is 1.92 bits per heavy atom. The van der Waals surface area contributed by atoms with Crippen LogP contribution >= 0.6 is 0 Å². The highest BCUT2D eigenvalue weighted by atomic mass is 14.9. The Kier molecular flexibility index (Phi) is 3.07. The van der Waals surface area contributed by atoms with Crippen LogP contribution in [0.5, 0.6) is 0 Å². The van der Waals surface area contributed by atoms with Gasteiger partial charge < -0.3 is 4.40 Å². The molecule has 0 spiro atoms. The average Bonchev–Trinajstić information content (AvgIpc) is 2.47. The van der Waals surface area contributed by atoms with Crippen LogP contribution in [0.25, 0.3) is 5.52 Å². The molecule has 70 valence electrons. The van der Waals surface area contributed by atoms with Crippen molar-refractivity contribution < 1.29 is 0 Å². The minimum absolute atomic E-state index is 1.17. The molecule has 0 aromatic carbocycles. The third kappa shape index (κ3) is 1.72. The lowest BCUT2D eigenvalue weighted by Gasteiger charge is -1.94. The van der Waals surface area contributed by atoms with Gasteiger partial charge in [-0.3, -0.25) is 4.98 Å². The van der Waals surface area contributed by atoms with E-state index in [-0.39, 0.29) is 0 Å². The molecule has 0 aliphatic rings. The monoisotopic (exact) mass is 176 g/mol. The number of rotatable bonds is 0. The second kappa shape index (κ2) is 4.08. The summed E-state index contributed by atoms with van der Waals surface area (Å²) in [5, 5.41) is 0. The maximum absolute atomic E-state index is 4.05. The van der Waals surface area contributed by atoms with Gasteiger partial charge in [-0.2, -0.15) is 0 Å². The van der Waals surface area contributed by atoms with Crippen LogP contribution in [0.4, 0.5) is 0 Å². The molecule has 0 unspecified atom stereocenters. The molecule has 2 rings (SSSR count). The molecule has 2 heterocycles. The molecule has 0 aliphatic carbocycles. The SMILES string of the molecule is CC.Cc1cc2cnccn2c1C. The fourth-order valence-electron chi connectivity index (χ4n) is 1.30. The van der Waals surface area contributed by atoms with Gasteiger partial charge in [0.25, 0.3) is 0 Å². The first kappa shape index (κ1) is 9.78. The molecule has 0 fully saturated rings. The minimum atomic E-state index is 1.17. The fourth-order valence-corrected chi connectivity index (χ4v) is 1.30. The second-order valence-electron chi connectivity index (χ2n) is 2.78. The molecule has 0 aliphatic heterocycles. The number of aryl methyl sites for hydroxylation is 2. The first-order valence-corrected chi connectivity index (χ1v) is 4.67. The summed E-state index contributed by atoms with van der Waals surface area (Å²) in [6.45, 7) is 8.23. The molecule has 2 aromatic rings. The Morgan fingerprint density at radius 1 is 1.23 bits per heavy atom. The Morgan fingerprint density at radius 3 is 2.54 bits per heavy atom. The van der Waals surface area contributed by atoms with E-state index in [1.807, 2.05) is 26.2 Å². The van der Waals surface area contributed by atoms with Crippen molar-refractivity contribution in [3.05, 3.63) is 35.9 Å². The summed E-state index contributed by atoms with van der Waals surface area (Å²) in [6.07, 6.45) is 5.66. The van der Waals surface area contributed by atoms with Crippen LogP contribution in [0.2, 0.25) is 0 Å². The van der Waals surface area contributed by atoms with E-state index in [0.717, 1.165) is 0 Å². The van der Waals surface area contributed by atoms with Gasteiger partial charge in [0.2, 0.25) is 0 Å². The van der Waals surface area contributed by atoms with E-state index in [9.17, 15) is 0 Å². The number of aromatic nitrogens is 2. The van der Waals surface area contributed by atoms with E-state index in [1.54, 1.807) is 6.20 Å². The Balaban J connectivity index is 0.000000396. The molecule has 2 heteroatoms. The van der Waals surface area contributed by atoms with Crippen molar-refractivity contribution in [2.24, 2.45) is 0 Å². The largest absolute Gasteiger partial charge is 0.318 e. The second-order valence-corrected chi connectivity index (χ2v) is 2.78. The lowest BCUT2D eigenvalue weighted by molar-refractivity contribution is 1.07. The van der Waals surface area contributed by atoms with Crippen LogP contribution in [-0.2, 0) is 0 Å². The third-order valence-electron chi connectivity index (χ3n) is 2.08. The topological polar surface area (TPSA) is 17.3 Å². The highest BCUT2D eigenvalue weighted by Gasteiger charge is 1.99. The highest BCUT2D eigenvalue weighted by Crippen LogP contribution is 2.12. The van der Waals surface area contributed by atoms with Crippen molar-refractivity contribution in [2.75, 3.05) is 0 Å². The molecule has 2 aromatic heterocycles. The molecule has 0 bridgehead atoms. The van der Waals surface area contributed by atoms with E-state index in [4.69, 9.17) is 0 Å². The van der Waals surface area contributed by atoms with Crippen molar-refractivity contribution in [3.8, 4) is 0 Å². The normalized spacial score (nSPS) is 9.54. The Hall–Kier alpha value is -1.31. The molecular formula is C11H16N2. The zero-order valence-corrected chi connectivity index (χ0v) is 8.70. The summed E-state index contributed by atoms with van der Waals surface area (Å²) in [5.74, 6) is 0. The molecule has 0 radical (unpaired) electrons. The Bertz CT molecular complexity index is 388. The summed E-state index contributed by atoms with van der Waals surface area (Å²) in [7, 11) is 0. The number of fused-ring (bicyclic) bond motifs is 1. The molecule has 0 saturated heterocycles. The number of hydrogen-bond donors (Lipinski definition) is 0. The van der Waals surface area contributed by atoms with E-state index in [0.29, 0.717) is 0 Å².